The highest BCUT2D eigenvalue weighted by Crippen LogP contribution is 2.22. The van der Waals surface area contributed by atoms with Crippen molar-refractivity contribution in [1.29, 1.82) is 0 Å². The molecule has 3 rings (SSSR count). The van der Waals surface area contributed by atoms with Gasteiger partial charge in [-0.2, -0.15) is 4.31 Å². The Morgan fingerprint density at radius 3 is 2.33 bits per heavy atom. The monoisotopic (exact) mass is 471 g/mol. The molecule has 2 aromatic carbocycles. The van der Waals surface area contributed by atoms with Crippen molar-refractivity contribution < 1.29 is 17.9 Å². The Morgan fingerprint density at radius 2 is 1.73 bits per heavy atom. The number of anilines is 1. The summed E-state index contributed by atoms with van der Waals surface area (Å²) in [6, 6.07) is 12.2. The second kappa shape index (κ2) is 9.87. The first kappa shape index (κ1) is 22.7. The van der Waals surface area contributed by atoms with Crippen molar-refractivity contribution in [2.75, 3.05) is 50.5 Å². The minimum Gasteiger partial charge on any atom is -0.497 e. The smallest absolute Gasteiger partial charge is 0.252 e. The minimum absolute atomic E-state index is 0.00117. The van der Waals surface area contributed by atoms with Gasteiger partial charge in [0.2, 0.25) is 10.0 Å². The summed E-state index contributed by atoms with van der Waals surface area (Å²) >= 11 is 11.8. The van der Waals surface area contributed by atoms with E-state index in [1.54, 1.807) is 13.2 Å². The molecule has 2 aromatic rings. The number of nitrogens with one attached hydrogen (secondary N) is 1. The third kappa shape index (κ3) is 5.57. The van der Waals surface area contributed by atoms with E-state index in [0.29, 0.717) is 31.2 Å². The molecule has 0 aliphatic carbocycles. The van der Waals surface area contributed by atoms with Gasteiger partial charge in [0.05, 0.1) is 23.4 Å². The molecular weight excluding hydrogens is 449 g/mol. The second-order valence-electron chi connectivity index (χ2n) is 6.78. The fourth-order valence-corrected chi connectivity index (χ4v) is 5.04. The van der Waals surface area contributed by atoms with Crippen molar-refractivity contribution in [3.63, 3.8) is 0 Å². The molecule has 0 aromatic heterocycles. The molecule has 1 saturated heterocycles. The van der Waals surface area contributed by atoms with Crippen LogP contribution in [0.1, 0.15) is 10.4 Å². The van der Waals surface area contributed by atoms with E-state index in [-0.39, 0.29) is 22.9 Å². The topological polar surface area (TPSA) is 79.0 Å². The molecule has 1 heterocycles. The van der Waals surface area contributed by atoms with Gasteiger partial charge in [0.15, 0.2) is 0 Å². The van der Waals surface area contributed by atoms with Gasteiger partial charge < -0.3 is 15.0 Å². The van der Waals surface area contributed by atoms with E-state index in [0.717, 1.165) is 11.4 Å². The molecule has 0 bridgehead atoms. The first-order valence-corrected chi connectivity index (χ1v) is 11.8. The summed E-state index contributed by atoms with van der Waals surface area (Å²) in [5, 5.41) is 3.25. The SMILES string of the molecule is COc1ccc(N2CCN(S(=O)(=O)CCNC(=O)c3ccc(Cl)cc3Cl)CC2)cc1. The van der Waals surface area contributed by atoms with Gasteiger partial charge in [-0.1, -0.05) is 23.2 Å². The lowest BCUT2D eigenvalue weighted by molar-refractivity contribution is 0.0956. The van der Waals surface area contributed by atoms with Gasteiger partial charge in [-0.15, -0.1) is 0 Å². The molecule has 1 N–H and O–H groups in total. The van der Waals surface area contributed by atoms with Crippen LogP contribution in [0.15, 0.2) is 42.5 Å². The van der Waals surface area contributed by atoms with Crippen molar-refractivity contribution >= 4 is 44.8 Å². The predicted molar refractivity (Wildman–Crippen MR) is 119 cm³/mol. The highest BCUT2D eigenvalue weighted by molar-refractivity contribution is 7.89. The maximum atomic E-state index is 12.6. The van der Waals surface area contributed by atoms with Gasteiger partial charge in [-0.05, 0) is 42.5 Å². The number of ether oxygens (including phenoxy) is 1. The van der Waals surface area contributed by atoms with Gasteiger partial charge in [-0.25, -0.2) is 8.42 Å². The molecular formula is C20H23Cl2N3O4S. The summed E-state index contributed by atoms with van der Waals surface area (Å²) < 4.78 is 31.9. The van der Waals surface area contributed by atoms with Crippen LogP contribution in [0.3, 0.4) is 0 Å². The van der Waals surface area contributed by atoms with Crippen LogP contribution in [-0.2, 0) is 10.0 Å². The molecule has 1 aliphatic rings. The van der Waals surface area contributed by atoms with Crippen LogP contribution in [0.25, 0.3) is 0 Å². The van der Waals surface area contributed by atoms with Gasteiger partial charge in [0.1, 0.15) is 5.75 Å². The van der Waals surface area contributed by atoms with E-state index < -0.39 is 15.9 Å². The minimum atomic E-state index is -3.48. The van der Waals surface area contributed by atoms with Crippen LogP contribution in [0, 0.1) is 0 Å². The Hall–Kier alpha value is -2.00. The average Bonchev–Trinajstić information content (AvgIpc) is 2.73. The molecule has 1 fully saturated rings. The number of halogens is 2. The fourth-order valence-electron chi connectivity index (χ4n) is 3.21. The molecule has 0 unspecified atom stereocenters. The molecule has 7 nitrogen and oxygen atoms in total. The molecule has 1 aliphatic heterocycles. The van der Waals surface area contributed by atoms with Crippen LogP contribution in [0.4, 0.5) is 5.69 Å². The summed E-state index contributed by atoms with van der Waals surface area (Å²) in [5.74, 6) is 0.171. The molecule has 10 heteroatoms. The van der Waals surface area contributed by atoms with E-state index in [1.807, 2.05) is 24.3 Å². The van der Waals surface area contributed by atoms with Crippen molar-refractivity contribution in [2.45, 2.75) is 0 Å². The standard InChI is InChI=1S/C20H23Cl2N3O4S/c1-29-17-5-3-16(4-6-17)24-9-11-25(12-10-24)30(27,28)13-8-23-20(26)18-7-2-15(21)14-19(18)22/h2-7,14H,8-13H2,1H3,(H,23,26). The average molecular weight is 472 g/mol. The van der Waals surface area contributed by atoms with Gasteiger partial charge >= 0.3 is 0 Å². The number of carbonyl (C=O) groups excluding carboxylic acids is 1. The molecule has 0 spiro atoms. The quantitative estimate of drug-likeness (QED) is 0.671. The molecule has 1 amide bonds. The summed E-state index contributed by atoms with van der Waals surface area (Å²) in [6.07, 6.45) is 0. The number of rotatable bonds is 7. The second-order valence-corrected chi connectivity index (χ2v) is 9.71. The van der Waals surface area contributed by atoms with Gasteiger partial charge in [-0.3, -0.25) is 4.79 Å². The number of benzene rings is 2. The summed E-state index contributed by atoms with van der Waals surface area (Å²) in [7, 11) is -1.86. The van der Waals surface area contributed by atoms with Gasteiger partial charge in [0.25, 0.3) is 5.91 Å². The molecule has 0 atom stereocenters. The van der Waals surface area contributed by atoms with Crippen LogP contribution in [-0.4, -0.2) is 64.2 Å². The van der Waals surface area contributed by atoms with Gasteiger partial charge in [0, 0.05) is 43.4 Å². The number of nitrogens with zero attached hydrogens (tertiary/aromatic N) is 2. The van der Waals surface area contributed by atoms with Crippen LogP contribution >= 0.6 is 23.2 Å². The van der Waals surface area contributed by atoms with Crippen molar-refractivity contribution in [2.24, 2.45) is 0 Å². The van der Waals surface area contributed by atoms with E-state index >= 15 is 0 Å². The van der Waals surface area contributed by atoms with Crippen molar-refractivity contribution in [3.05, 3.63) is 58.1 Å². The van der Waals surface area contributed by atoms with Crippen LogP contribution < -0.4 is 15.0 Å². The number of piperazine rings is 1. The normalized spacial score (nSPS) is 15.1. The largest absolute Gasteiger partial charge is 0.497 e. The number of methoxy groups -OCH3 is 1. The third-order valence-electron chi connectivity index (χ3n) is 4.89. The van der Waals surface area contributed by atoms with Crippen LogP contribution in [0.5, 0.6) is 5.75 Å². The highest BCUT2D eigenvalue weighted by atomic mass is 35.5. The lowest BCUT2D eigenvalue weighted by atomic mass is 10.2. The number of hydrogen-bond acceptors (Lipinski definition) is 5. The first-order chi connectivity index (χ1) is 14.3. The van der Waals surface area contributed by atoms with E-state index in [2.05, 4.69) is 10.2 Å². The number of carbonyl (C=O) groups is 1. The highest BCUT2D eigenvalue weighted by Gasteiger charge is 2.27. The van der Waals surface area contributed by atoms with Crippen LogP contribution in [0.2, 0.25) is 10.0 Å². The molecule has 0 radical (unpaired) electrons. The molecule has 162 valence electrons. The maximum Gasteiger partial charge on any atom is 0.252 e. The summed E-state index contributed by atoms with van der Waals surface area (Å²) in [5.41, 5.74) is 1.28. The zero-order chi connectivity index (χ0) is 21.7. The third-order valence-corrected chi connectivity index (χ3v) is 7.31. The Bertz CT molecular complexity index is 992. The first-order valence-electron chi connectivity index (χ1n) is 9.40. The fraction of sp³-hybridized carbons (Fsp3) is 0.350. The van der Waals surface area contributed by atoms with Crippen molar-refractivity contribution in [1.82, 2.24) is 9.62 Å². The summed E-state index contributed by atoms with van der Waals surface area (Å²) in [6.45, 7) is 1.98. The number of sulfonamides is 1. The number of amides is 1. The lowest BCUT2D eigenvalue weighted by Crippen LogP contribution is -2.50. The Balaban J connectivity index is 1.49. The Kier molecular flexibility index (Phi) is 7.46. The zero-order valence-electron chi connectivity index (χ0n) is 16.5. The number of hydrogen-bond donors (Lipinski definition) is 1. The predicted octanol–water partition coefficient (Wildman–Crippen LogP) is 2.88. The molecule has 0 saturated carbocycles. The lowest BCUT2D eigenvalue weighted by Gasteiger charge is -2.35. The molecule has 30 heavy (non-hydrogen) atoms. The Morgan fingerprint density at radius 1 is 1.07 bits per heavy atom. The van der Waals surface area contributed by atoms with E-state index in [9.17, 15) is 13.2 Å². The van der Waals surface area contributed by atoms with E-state index in [4.69, 9.17) is 27.9 Å². The van der Waals surface area contributed by atoms with E-state index in [1.165, 1.54) is 16.4 Å². The van der Waals surface area contributed by atoms with Crippen molar-refractivity contribution in [3.8, 4) is 5.75 Å². The zero-order valence-corrected chi connectivity index (χ0v) is 18.8. The maximum absolute atomic E-state index is 12.6. The Labute approximate surface area is 186 Å². The summed E-state index contributed by atoms with van der Waals surface area (Å²) in [4.78, 5) is 14.4.